The molecule has 0 saturated heterocycles. The van der Waals surface area contributed by atoms with Gasteiger partial charge in [0.1, 0.15) is 0 Å². The van der Waals surface area contributed by atoms with Crippen LogP contribution in [0.5, 0.6) is 0 Å². The number of thiophene rings is 1. The summed E-state index contributed by atoms with van der Waals surface area (Å²) in [6, 6.07) is 4.47. The SMILES string of the molecule is CCCCC(CC)(CNCC(C)C)Cc1ccc(Br)s1. The topological polar surface area (TPSA) is 12.0 Å². The van der Waals surface area contributed by atoms with Crippen LogP contribution in [0.4, 0.5) is 0 Å². The number of hydrogen-bond acceptors (Lipinski definition) is 2. The van der Waals surface area contributed by atoms with Gasteiger partial charge >= 0.3 is 0 Å². The van der Waals surface area contributed by atoms with E-state index in [9.17, 15) is 0 Å². The minimum absolute atomic E-state index is 0.426. The minimum Gasteiger partial charge on any atom is -0.316 e. The van der Waals surface area contributed by atoms with Crippen LogP contribution in [0.25, 0.3) is 0 Å². The van der Waals surface area contributed by atoms with E-state index in [-0.39, 0.29) is 0 Å². The molecular formula is C17H30BrNS. The Bertz CT molecular complexity index is 375. The average Bonchev–Trinajstić information content (AvgIpc) is 2.80. The predicted molar refractivity (Wildman–Crippen MR) is 95.7 cm³/mol. The highest BCUT2D eigenvalue weighted by atomic mass is 79.9. The third-order valence-electron chi connectivity index (χ3n) is 4.04. The van der Waals surface area contributed by atoms with Gasteiger partial charge in [-0.15, -0.1) is 11.3 Å². The van der Waals surface area contributed by atoms with E-state index in [1.165, 1.54) is 40.8 Å². The first-order valence-electron chi connectivity index (χ1n) is 7.96. The van der Waals surface area contributed by atoms with Crippen LogP contribution in [0, 0.1) is 11.3 Å². The summed E-state index contributed by atoms with van der Waals surface area (Å²) in [5, 5.41) is 3.71. The van der Waals surface area contributed by atoms with Crippen LogP contribution in [0.15, 0.2) is 15.9 Å². The number of hydrogen-bond donors (Lipinski definition) is 1. The molecule has 1 N–H and O–H groups in total. The highest BCUT2D eigenvalue weighted by molar-refractivity contribution is 9.11. The standard InChI is InChI=1S/C17H30BrNS/c1-5-7-10-17(6-2,13-19-12-14(3)4)11-15-8-9-16(18)20-15/h8-9,14,19H,5-7,10-13H2,1-4H3. The molecule has 0 radical (unpaired) electrons. The van der Waals surface area contributed by atoms with Crippen LogP contribution in [-0.4, -0.2) is 13.1 Å². The van der Waals surface area contributed by atoms with Gasteiger partial charge in [0, 0.05) is 11.4 Å². The largest absolute Gasteiger partial charge is 0.316 e. The van der Waals surface area contributed by atoms with E-state index >= 15 is 0 Å². The Balaban J connectivity index is 2.69. The van der Waals surface area contributed by atoms with E-state index in [4.69, 9.17) is 0 Å². The maximum Gasteiger partial charge on any atom is 0.0701 e. The lowest BCUT2D eigenvalue weighted by molar-refractivity contribution is 0.227. The zero-order chi connectivity index (χ0) is 15.0. The summed E-state index contributed by atoms with van der Waals surface area (Å²) in [6.45, 7) is 11.5. The van der Waals surface area contributed by atoms with Gasteiger partial charge in [-0.05, 0) is 65.2 Å². The molecule has 0 amide bonds. The summed E-state index contributed by atoms with van der Waals surface area (Å²) in [5.74, 6) is 0.728. The summed E-state index contributed by atoms with van der Waals surface area (Å²) in [6.07, 6.45) is 6.43. The van der Waals surface area contributed by atoms with Crippen LogP contribution in [0.1, 0.15) is 58.3 Å². The van der Waals surface area contributed by atoms with E-state index in [0.29, 0.717) is 5.41 Å². The number of halogens is 1. The van der Waals surface area contributed by atoms with Crippen LogP contribution in [0.2, 0.25) is 0 Å². The Hall–Kier alpha value is 0.140. The number of rotatable bonds is 10. The molecule has 116 valence electrons. The molecule has 1 heterocycles. The fraction of sp³-hybridized carbons (Fsp3) is 0.765. The molecule has 1 atom stereocenters. The Labute approximate surface area is 137 Å². The Morgan fingerprint density at radius 2 is 2.05 bits per heavy atom. The molecule has 3 heteroatoms. The molecule has 0 saturated carbocycles. The van der Waals surface area contributed by atoms with Crippen molar-refractivity contribution in [3.05, 3.63) is 20.8 Å². The molecule has 0 aromatic carbocycles. The van der Waals surface area contributed by atoms with E-state index < -0.39 is 0 Å². The smallest absolute Gasteiger partial charge is 0.0701 e. The second kappa shape index (κ2) is 9.22. The minimum atomic E-state index is 0.426. The lowest BCUT2D eigenvalue weighted by Gasteiger charge is -2.33. The zero-order valence-electron chi connectivity index (χ0n) is 13.5. The van der Waals surface area contributed by atoms with Crippen molar-refractivity contribution in [1.29, 1.82) is 0 Å². The van der Waals surface area contributed by atoms with Gasteiger partial charge in [-0.25, -0.2) is 0 Å². The van der Waals surface area contributed by atoms with Crippen molar-refractivity contribution in [3.8, 4) is 0 Å². The molecule has 0 fully saturated rings. The van der Waals surface area contributed by atoms with Crippen LogP contribution in [-0.2, 0) is 6.42 Å². The molecule has 1 aromatic heterocycles. The average molecular weight is 360 g/mol. The summed E-state index contributed by atoms with van der Waals surface area (Å²) >= 11 is 5.48. The first-order chi connectivity index (χ1) is 9.51. The molecule has 0 bridgehead atoms. The molecule has 0 aliphatic rings. The van der Waals surface area contributed by atoms with Gasteiger partial charge in [-0.2, -0.15) is 0 Å². The molecule has 1 aromatic rings. The van der Waals surface area contributed by atoms with Crippen molar-refractivity contribution >= 4 is 27.3 Å². The zero-order valence-corrected chi connectivity index (χ0v) is 15.9. The monoisotopic (exact) mass is 359 g/mol. The molecule has 0 aliphatic carbocycles. The Morgan fingerprint density at radius 3 is 2.55 bits per heavy atom. The lowest BCUT2D eigenvalue weighted by atomic mass is 9.76. The van der Waals surface area contributed by atoms with Crippen LogP contribution < -0.4 is 5.32 Å². The second-order valence-electron chi connectivity index (χ2n) is 6.36. The van der Waals surface area contributed by atoms with Gasteiger partial charge in [0.25, 0.3) is 0 Å². The molecular weight excluding hydrogens is 330 g/mol. The third-order valence-corrected chi connectivity index (χ3v) is 5.66. The van der Waals surface area contributed by atoms with Gasteiger partial charge in [0.05, 0.1) is 3.79 Å². The first kappa shape index (κ1) is 18.2. The van der Waals surface area contributed by atoms with Crippen molar-refractivity contribution in [2.24, 2.45) is 11.3 Å². The highest BCUT2D eigenvalue weighted by Gasteiger charge is 2.28. The quantitative estimate of drug-likeness (QED) is 0.549. The summed E-state index contributed by atoms with van der Waals surface area (Å²) in [5.41, 5.74) is 0.426. The second-order valence-corrected chi connectivity index (χ2v) is 8.91. The fourth-order valence-electron chi connectivity index (χ4n) is 2.66. The summed E-state index contributed by atoms with van der Waals surface area (Å²) in [7, 11) is 0. The maximum absolute atomic E-state index is 3.71. The van der Waals surface area contributed by atoms with Crippen LogP contribution >= 0.6 is 27.3 Å². The van der Waals surface area contributed by atoms with Crippen molar-refractivity contribution in [3.63, 3.8) is 0 Å². The molecule has 1 unspecified atom stereocenters. The predicted octanol–water partition coefficient (Wildman–Crippen LogP) is 5.89. The van der Waals surface area contributed by atoms with Crippen LogP contribution in [0.3, 0.4) is 0 Å². The molecule has 0 spiro atoms. The van der Waals surface area contributed by atoms with E-state index in [0.717, 1.165) is 19.0 Å². The Kier molecular flexibility index (Phi) is 8.38. The van der Waals surface area contributed by atoms with E-state index in [1.54, 1.807) is 0 Å². The van der Waals surface area contributed by atoms with Gasteiger partial charge in [-0.1, -0.05) is 40.5 Å². The normalized spacial score (nSPS) is 14.7. The number of unbranched alkanes of at least 4 members (excludes halogenated alkanes) is 1. The molecule has 1 nitrogen and oxygen atoms in total. The summed E-state index contributed by atoms with van der Waals surface area (Å²) in [4.78, 5) is 1.51. The van der Waals surface area contributed by atoms with Crippen molar-refractivity contribution in [2.45, 2.75) is 59.8 Å². The fourth-order valence-corrected chi connectivity index (χ4v) is 4.32. The lowest BCUT2D eigenvalue weighted by Crippen LogP contribution is -2.37. The van der Waals surface area contributed by atoms with Crippen molar-refractivity contribution < 1.29 is 0 Å². The van der Waals surface area contributed by atoms with Crippen molar-refractivity contribution in [1.82, 2.24) is 5.32 Å². The number of nitrogens with one attached hydrogen (secondary N) is 1. The maximum atomic E-state index is 3.71. The third kappa shape index (κ3) is 6.28. The highest BCUT2D eigenvalue weighted by Crippen LogP contribution is 2.35. The Morgan fingerprint density at radius 1 is 1.30 bits per heavy atom. The van der Waals surface area contributed by atoms with Gasteiger partial charge in [0.15, 0.2) is 0 Å². The first-order valence-corrected chi connectivity index (χ1v) is 9.57. The summed E-state index contributed by atoms with van der Waals surface area (Å²) < 4.78 is 1.25. The van der Waals surface area contributed by atoms with Gasteiger partial charge < -0.3 is 5.32 Å². The van der Waals surface area contributed by atoms with Gasteiger partial charge in [-0.3, -0.25) is 0 Å². The van der Waals surface area contributed by atoms with E-state index in [1.807, 2.05) is 11.3 Å². The van der Waals surface area contributed by atoms with Crippen molar-refractivity contribution in [2.75, 3.05) is 13.1 Å². The van der Waals surface area contributed by atoms with Gasteiger partial charge in [0.2, 0.25) is 0 Å². The molecule has 20 heavy (non-hydrogen) atoms. The molecule has 0 aliphatic heterocycles. The molecule has 1 rings (SSSR count). The van der Waals surface area contributed by atoms with E-state index in [2.05, 4.69) is 61.1 Å².